The molecule has 130 valence electrons. The summed E-state index contributed by atoms with van der Waals surface area (Å²) in [5.41, 5.74) is 1.04. The Morgan fingerprint density at radius 3 is 2.62 bits per heavy atom. The number of hydrogen-bond donors (Lipinski definition) is 2. The van der Waals surface area contributed by atoms with Crippen LogP contribution in [0.15, 0.2) is 24.4 Å². The summed E-state index contributed by atoms with van der Waals surface area (Å²) in [7, 11) is 4.91. The number of ether oxygens (including phenoxy) is 3. The zero-order valence-corrected chi connectivity index (χ0v) is 14.2. The Kier molecular flexibility index (Phi) is 7.03. The summed E-state index contributed by atoms with van der Waals surface area (Å²) in [6.45, 7) is 2.01. The first-order valence-corrected chi connectivity index (χ1v) is 7.64. The molecular weight excluding hydrogens is 310 g/mol. The summed E-state index contributed by atoms with van der Waals surface area (Å²) in [4.78, 5) is 4.37. The second kappa shape index (κ2) is 9.51. The fraction of sp³-hybridized carbons (Fsp3) is 0.438. The van der Waals surface area contributed by atoms with Gasteiger partial charge in [0.1, 0.15) is 0 Å². The lowest BCUT2D eigenvalue weighted by molar-refractivity contribution is 0.197. The molecule has 0 aliphatic carbocycles. The van der Waals surface area contributed by atoms with E-state index < -0.39 is 0 Å². The fourth-order valence-electron chi connectivity index (χ4n) is 2.06. The molecule has 1 aromatic carbocycles. The van der Waals surface area contributed by atoms with Crippen LogP contribution in [0.25, 0.3) is 0 Å². The van der Waals surface area contributed by atoms with E-state index in [1.54, 1.807) is 27.5 Å². The third-order valence-electron chi connectivity index (χ3n) is 3.29. The van der Waals surface area contributed by atoms with Crippen LogP contribution in [0.1, 0.15) is 12.0 Å². The predicted octanol–water partition coefficient (Wildman–Crippen LogP) is 1.95. The van der Waals surface area contributed by atoms with E-state index in [-0.39, 0.29) is 0 Å². The van der Waals surface area contributed by atoms with Crippen LogP contribution in [0.5, 0.6) is 11.5 Å². The molecule has 0 atom stereocenters. The van der Waals surface area contributed by atoms with Crippen molar-refractivity contribution >= 4 is 11.8 Å². The highest BCUT2D eigenvalue weighted by atomic mass is 16.5. The van der Waals surface area contributed by atoms with Crippen molar-refractivity contribution in [3.63, 3.8) is 0 Å². The van der Waals surface area contributed by atoms with Gasteiger partial charge in [-0.15, -0.1) is 5.10 Å². The smallest absolute Gasteiger partial charge is 0.244 e. The van der Waals surface area contributed by atoms with Crippen molar-refractivity contribution in [3.8, 4) is 11.5 Å². The van der Waals surface area contributed by atoms with E-state index in [0.29, 0.717) is 36.4 Å². The number of methoxy groups -OCH3 is 3. The van der Waals surface area contributed by atoms with Crippen LogP contribution in [-0.2, 0) is 11.3 Å². The molecule has 2 N–H and O–H groups in total. The highest BCUT2D eigenvalue weighted by Gasteiger charge is 2.05. The summed E-state index contributed by atoms with van der Waals surface area (Å²) in [6.07, 6.45) is 2.46. The molecule has 8 nitrogen and oxygen atoms in total. The first-order valence-electron chi connectivity index (χ1n) is 7.64. The summed E-state index contributed by atoms with van der Waals surface area (Å²) < 4.78 is 15.5. The van der Waals surface area contributed by atoms with Crippen molar-refractivity contribution in [3.05, 3.63) is 30.0 Å². The third kappa shape index (κ3) is 5.24. The molecule has 0 saturated carbocycles. The largest absolute Gasteiger partial charge is 0.493 e. The van der Waals surface area contributed by atoms with E-state index in [9.17, 15) is 0 Å². The molecule has 0 fully saturated rings. The Bertz CT molecular complexity index is 639. The maximum atomic E-state index is 5.30. The van der Waals surface area contributed by atoms with Crippen molar-refractivity contribution in [2.24, 2.45) is 0 Å². The van der Waals surface area contributed by atoms with Gasteiger partial charge in [-0.05, 0) is 24.1 Å². The highest BCUT2D eigenvalue weighted by molar-refractivity contribution is 5.44. The maximum absolute atomic E-state index is 5.30. The Balaban J connectivity index is 1.92. The van der Waals surface area contributed by atoms with Crippen molar-refractivity contribution in [2.75, 3.05) is 45.1 Å². The summed E-state index contributed by atoms with van der Waals surface area (Å²) in [6, 6.07) is 5.76. The van der Waals surface area contributed by atoms with Gasteiger partial charge in [0, 0.05) is 26.8 Å². The minimum absolute atomic E-state index is 0.489. The minimum atomic E-state index is 0.489. The van der Waals surface area contributed by atoms with Gasteiger partial charge in [0.2, 0.25) is 5.95 Å². The van der Waals surface area contributed by atoms with Crippen molar-refractivity contribution in [1.29, 1.82) is 0 Å². The number of aromatic nitrogens is 3. The minimum Gasteiger partial charge on any atom is -0.493 e. The summed E-state index contributed by atoms with van der Waals surface area (Å²) in [5, 5.41) is 14.2. The monoisotopic (exact) mass is 333 g/mol. The second-order valence-electron chi connectivity index (χ2n) is 4.98. The standard InChI is InChI=1S/C16H23N5O3/c1-22-8-4-7-17-16-20-15(11-19-21-16)18-10-12-5-6-13(23-2)14(9-12)24-3/h5-6,9,11H,4,7-8,10H2,1-3H3,(H2,17,18,20,21). The molecule has 24 heavy (non-hydrogen) atoms. The molecule has 1 aromatic heterocycles. The molecule has 0 spiro atoms. The van der Waals surface area contributed by atoms with Crippen LogP contribution in [-0.4, -0.2) is 49.7 Å². The zero-order valence-electron chi connectivity index (χ0n) is 14.2. The normalized spacial score (nSPS) is 10.3. The third-order valence-corrected chi connectivity index (χ3v) is 3.29. The van der Waals surface area contributed by atoms with Crippen LogP contribution < -0.4 is 20.1 Å². The first-order chi connectivity index (χ1) is 11.8. The second-order valence-corrected chi connectivity index (χ2v) is 4.98. The molecule has 0 amide bonds. The summed E-state index contributed by atoms with van der Waals surface area (Å²) >= 11 is 0. The van der Waals surface area contributed by atoms with Gasteiger partial charge in [-0.3, -0.25) is 0 Å². The van der Waals surface area contributed by atoms with Gasteiger partial charge in [0.25, 0.3) is 0 Å². The van der Waals surface area contributed by atoms with E-state index in [2.05, 4.69) is 25.8 Å². The highest BCUT2D eigenvalue weighted by Crippen LogP contribution is 2.27. The molecule has 1 heterocycles. The van der Waals surface area contributed by atoms with Crippen molar-refractivity contribution in [1.82, 2.24) is 15.2 Å². The lowest BCUT2D eigenvalue weighted by Crippen LogP contribution is -2.10. The number of nitrogens with one attached hydrogen (secondary N) is 2. The molecule has 0 saturated heterocycles. The summed E-state index contributed by atoms with van der Waals surface area (Å²) in [5.74, 6) is 2.53. The molecule has 0 unspecified atom stereocenters. The molecule has 0 bridgehead atoms. The van der Waals surface area contributed by atoms with Gasteiger partial charge in [0.15, 0.2) is 17.3 Å². The molecule has 0 aliphatic rings. The first kappa shape index (κ1) is 17.7. The van der Waals surface area contributed by atoms with E-state index >= 15 is 0 Å². The number of benzene rings is 1. The van der Waals surface area contributed by atoms with E-state index in [0.717, 1.165) is 18.5 Å². The predicted molar refractivity (Wildman–Crippen MR) is 91.7 cm³/mol. The fourth-order valence-corrected chi connectivity index (χ4v) is 2.06. The van der Waals surface area contributed by atoms with Crippen LogP contribution in [0.4, 0.5) is 11.8 Å². The number of nitrogens with zero attached hydrogens (tertiary/aromatic N) is 3. The van der Waals surface area contributed by atoms with Gasteiger partial charge >= 0.3 is 0 Å². The number of anilines is 2. The average Bonchev–Trinajstić information content (AvgIpc) is 2.63. The zero-order chi connectivity index (χ0) is 17.2. The van der Waals surface area contributed by atoms with Gasteiger partial charge in [-0.25, -0.2) is 0 Å². The van der Waals surface area contributed by atoms with Crippen LogP contribution in [0.2, 0.25) is 0 Å². The molecule has 0 radical (unpaired) electrons. The Labute approximate surface area is 141 Å². The SMILES string of the molecule is COCCCNc1nncc(NCc2ccc(OC)c(OC)c2)n1. The average molecular weight is 333 g/mol. The number of hydrogen-bond acceptors (Lipinski definition) is 8. The van der Waals surface area contributed by atoms with Crippen molar-refractivity contribution in [2.45, 2.75) is 13.0 Å². The van der Waals surface area contributed by atoms with Crippen LogP contribution in [0.3, 0.4) is 0 Å². The topological polar surface area (TPSA) is 90.4 Å². The number of rotatable bonds is 10. The maximum Gasteiger partial charge on any atom is 0.244 e. The molecule has 2 aromatic rings. The Morgan fingerprint density at radius 1 is 1.04 bits per heavy atom. The molecule has 8 heteroatoms. The molecule has 0 aliphatic heterocycles. The van der Waals surface area contributed by atoms with Gasteiger partial charge in [-0.1, -0.05) is 6.07 Å². The Hall–Kier alpha value is -2.61. The quantitative estimate of drug-likeness (QED) is 0.638. The molecule has 2 rings (SSSR count). The Morgan fingerprint density at radius 2 is 1.88 bits per heavy atom. The van der Waals surface area contributed by atoms with Crippen LogP contribution >= 0.6 is 0 Å². The van der Waals surface area contributed by atoms with E-state index in [1.165, 1.54) is 0 Å². The van der Waals surface area contributed by atoms with Gasteiger partial charge in [0.05, 0.1) is 20.4 Å². The lowest BCUT2D eigenvalue weighted by Gasteiger charge is -2.11. The lowest BCUT2D eigenvalue weighted by atomic mass is 10.2. The van der Waals surface area contributed by atoms with Gasteiger partial charge < -0.3 is 24.8 Å². The van der Waals surface area contributed by atoms with E-state index in [1.807, 2.05) is 18.2 Å². The molecular formula is C16H23N5O3. The van der Waals surface area contributed by atoms with Gasteiger partial charge in [-0.2, -0.15) is 10.1 Å². The van der Waals surface area contributed by atoms with Crippen molar-refractivity contribution < 1.29 is 14.2 Å². The van der Waals surface area contributed by atoms with E-state index in [4.69, 9.17) is 14.2 Å². The van der Waals surface area contributed by atoms with Crippen LogP contribution in [0, 0.1) is 0 Å².